The van der Waals surface area contributed by atoms with E-state index in [9.17, 15) is 0 Å². The number of aromatic amines is 1. The Morgan fingerprint density at radius 1 is 1.13 bits per heavy atom. The number of allylic oxidation sites excluding steroid dienone is 2. The molecule has 1 aromatic rings. The first kappa shape index (κ1) is 13.6. The molecule has 2 N–H and O–H groups in total. The van der Waals surface area contributed by atoms with Crippen molar-refractivity contribution in [3.8, 4) is 0 Å². The number of nitrogens with one attached hydrogen (secondary N) is 2. The molecule has 0 atom stereocenters. The van der Waals surface area contributed by atoms with E-state index in [1.807, 2.05) is 12.4 Å². The van der Waals surface area contributed by atoms with Crippen LogP contribution in [0.2, 0.25) is 0 Å². The molecule has 3 heteroatoms. The summed E-state index contributed by atoms with van der Waals surface area (Å²) in [5.74, 6) is 2.93. The second-order valence-corrected chi connectivity index (χ2v) is 8.29. The molecule has 23 heavy (non-hydrogen) atoms. The first-order valence-electron chi connectivity index (χ1n) is 9.07. The van der Waals surface area contributed by atoms with Crippen LogP contribution in [-0.2, 0) is 0 Å². The molecule has 0 unspecified atom stereocenters. The molecule has 0 spiro atoms. The van der Waals surface area contributed by atoms with Crippen molar-refractivity contribution in [2.24, 2.45) is 22.7 Å². The molecule has 1 aliphatic heterocycles. The summed E-state index contributed by atoms with van der Waals surface area (Å²) in [4.78, 5) is 7.78. The van der Waals surface area contributed by atoms with Crippen molar-refractivity contribution < 1.29 is 0 Å². The second kappa shape index (κ2) is 4.86. The number of nitrogens with zero attached hydrogens (tertiary/aromatic N) is 1. The molecule has 120 valence electrons. The van der Waals surface area contributed by atoms with Crippen LogP contribution in [0.3, 0.4) is 0 Å². The number of aryl methyl sites for hydroxylation is 1. The highest BCUT2D eigenvalue weighted by atomic mass is 15.0. The van der Waals surface area contributed by atoms with E-state index in [1.165, 1.54) is 55.2 Å². The van der Waals surface area contributed by atoms with Gasteiger partial charge in [0.15, 0.2) is 0 Å². The number of H-pyrrole nitrogens is 1. The summed E-state index contributed by atoms with van der Waals surface area (Å²) in [7, 11) is 0. The first-order valence-corrected chi connectivity index (χ1v) is 9.07. The van der Waals surface area contributed by atoms with Crippen molar-refractivity contribution in [2.45, 2.75) is 51.0 Å². The van der Waals surface area contributed by atoms with Crippen molar-refractivity contribution in [1.82, 2.24) is 10.3 Å². The monoisotopic (exact) mass is 307 g/mol. The molecule has 5 aliphatic rings. The summed E-state index contributed by atoms with van der Waals surface area (Å²) < 4.78 is 0. The van der Waals surface area contributed by atoms with E-state index in [-0.39, 0.29) is 0 Å². The zero-order chi connectivity index (χ0) is 15.4. The van der Waals surface area contributed by atoms with Crippen LogP contribution in [-0.4, -0.2) is 16.2 Å². The van der Waals surface area contributed by atoms with Crippen LogP contribution < -0.4 is 5.32 Å². The molecule has 1 aromatic heterocycles. The van der Waals surface area contributed by atoms with Crippen LogP contribution in [0.1, 0.15) is 49.7 Å². The minimum atomic E-state index is 0.372. The van der Waals surface area contributed by atoms with Crippen molar-refractivity contribution in [3.05, 3.63) is 47.6 Å². The SMILES string of the molecule is Cc1c[nH]cc1C1=NC=CC1=CNC12CC3CC(CC(C3)C1)C2. The van der Waals surface area contributed by atoms with E-state index < -0.39 is 0 Å². The standard InChI is InChI=1S/C20H25N3/c1-13-10-21-12-18(13)19-17(2-3-22-19)11-23-20-7-14-4-15(8-20)6-16(5-14)9-20/h2-3,10-12,14-16,21,23H,4-9H2,1H3. The maximum absolute atomic E-state index is 4.59. The molecule has 0 aromatic carbocycles. The Bertz CT molecular complexity index is 684. The maximum Gasteiger partial charge on any atom is 0.0807 e. The molecule has 4 aliphatic carbocycles. The van der Waals surface area contributed by atoms with Gasteiger partial charge >= 0.3 is 0 Å². The normalized spacial score (nSPS) is 39.3. The number of hydrogen-bond acceptors (Lipinski definition) is 2. The van der Waals surface area contributed by atoms with Gasteiger partial charge in [-0.3, -0.25) is 4.99 Å². The summed E-state index contributed by atoms with van der Waals surface area (Å²) in [5, 5.41) is 3.88. The Morgan fingerprint density at radius 3 is 2.43 bits per heavy atom. The summed E-state index contributed by atoms with van der Waals surface area (Å²) in [6, 6.07) is 0. The summed E-state index contributed by atoms with van der Waals surface area (Å²) in [5.41, 5.74) is 5.17. The lowest BCUT2D eigenvalue weighted by atomic mass is 9.53. The van der Waals surface area contributed by atoms with Gasteiger partial charge in [-0.25, -0.2) is 0 Å². The minimum absolute atomic E-state index is 0.372. The fraction of sp³-hybridized carbons (Fsp3) is 0.550. The fourth-order valence-corrected chi connectivity index (χ4v) is 5.90. The Hall–Kier alpha value is -1.77. The Kier molecular flexibility index (Phi) is 2.88. The molecule has 6 rings (SSSR count). The average molecular weight is 307 g/mol. The highest BCUT2D eigenvalue weighted by molar-refractivity contribution is 6.16. The van der Waals surface area contributed by atoms with E-state index in [0.717, 1.165) is 23.5 Å². The van der Waals surface area contributed by atoms with Gasteiger partial charge in [0.1, 0.15) is 0 Å². The molecule has 0 amide bonds. The van der Waals surface area contributed by atoms with Gasteiger partial charge < -0.3 is 10.3 Å². The lowest BCUT2D eigenvalue weighted by Gasteiger charge is -2.57. The highest BCUT2D eigenvalue weighted by Gasteiger charge is 2.50. The van der Waals surface area contributed by atoms with Gasteiger partial charge in [-0.05, 0) is 74.8 Å². The highest BCUT2D eigenvalue weighted by Crippen LogP contribution is 2.55. The first-order chi connectivity index (χ1) is 11.2. The molecule has 0 saturated heterocycles. The number of hydrogen-bond donors (Lipinski definition) is 2. The van der Waals surface area contributed by atoms with E-state index in [2.05, 4.69) is 40.7 Å². The summed E-state index contributed by atoms with van der Waals surface area (Å²) >= 11 is 0. The van der Waals surface area contributed by atoms with E-state index in [1.54, 1.807) is 0 Å². The third kappa shape index (κ3) is 2.20. The van der Waals surface area contributed by atoms with Gasteiger partial charge in [-0.15, -0.1) is 0 Å². The lowest BCUT2D eigenvalue weighted by molar-refractivity contribution is -0.0130. The van der Waals surface area contributed by atoms with Gasteiger partial charge in [0.2, 0.25) is 0 Å². The number of aromatic nitrogens is 1. The van der Waals surface area contributed by atoms with Gasteiger partial charge in [0.25, 0.3) is 0 Å². The van der Waals surface area contributed by atoms with Crippen molar-refractivity contribution in [1.29, 1.82) is 0 Å². The van der Waals surface area contributed by atoms with Crippen LogP contribution in [0.25, 0.3) is 0 Å². The molecule has 4 saturated carbocycles. The average Bonchev–Trinajstić information content (AvgIpc) is 3.12. The number of aliphatic imine (C=N–C) groups is 1. The van der Waals surface area contributed by atoms with Crippen molar-refractivity contribution in [2.75, 3.05) is 0 Å². The third-order valence-electron chi connectivity index (χ3n) is 6.51. The van der Waals surface area contributed by atoms with Crippen LogP contribution >= 0.6 is 0 Å². The van der Waals surface area contributed by atoms with Gasteiger partial charge in [-0.1, -0.05) is 0 Å². The maximum atomic E-state index is 4.59. The quantitative estimate of drug-likeness (QED) is 0.868. The predicted octanol–water partition coefficient (Wildman–Crippen LogP) is 4.08. The van der Waals surface area contributed by atoms with Gasteiger partial charge in [-0.2, -0.15) is 0 Å². The largest absolute Gasteiger partial charge is 0.385 e. The number of rotatable bonds is 3. The zero-order valence-corrected chi connectivity index (χ0v) is 13.8. The van der Waals surface area contributed by atoms with Crippen molar-refractivity contribution in [3.63, 3.8) is 0 Å². The fourth-order valence-electron chi connectivity index (χ4n) is 5.90. The predicted molar refractivity (Wildman–Crippen MR) is 93.3 cm³/mol. The molecule has 3 nitrogen and oxygen atoms in total. The minimum Gasteiger partial charge on any atom is -0.385 e. The molecular weight excluding hydrogens is 282 g/mol. The molecule has 4 bridgehead atoms. The Morgan fingerprint density at radius 2 is 1.83 bits per heavy atom. The Balaban J connectivity index is 1.39. The van der Waals surface area contributed by atoms with Crippen LogP contribution in [0.5, 0.6) is 0 Å². The molecule has 2 heterocycles. The summed E-state index contributed by atoms with van der Waals surface area (Å²) in [6.07, 6.45) is 19.0. The molecule has 0 radical (unpaired) electrons. The molecule has 4 fully saturated rings. The van der Waals surface area contributed by atoms with E-state index >= 15 is 0 Å². The molecular formula is C20H25N3. The van der Waals surface area contributed by atoms with Crippen LogP contribution in [0.15, 0.2) is 41.4 Å². The topological polar surface area (TPSA) is 40.2 Å². The van der Waals surface area contributed by atoms with Crippen LogP contribution in [0, 0.1) is 24.7 Å². The summed E-state index contributed by atoms with van der Waals surface area (Å²) in [6.45, 7) is 2.14. The van der Waals surface area contributed by atoms with Gasteiger partial charge in [0.05, 0.1) is 5.71 Å². The van der Waals surface area contributed by atoms with Crippen LogP contribution in [0.4, 0.5) is 0 Å². The van der Waals surface area contributed by atoms with E-state index in [0.29, 0.717) is 5.54 Å². The third-order valence-corrected chi connectivity index (χ3v) is 6.51. The Labute approximate surface area is 138 Å². The smallest absolute Gasteiger partial charge is 0.0807 e. The van der Waals surface area contributed by atoms with Crippen molar-refractivity contribution >= 4 is 5.71 Å². The van der Waals surface area contributed by atoms with Gasteiger partial charge in [0, 0.05) is 41.5 Å². The second-order valence-electron chi connectivity index (χ2n) is 8.29. The zero-order valence-electron chi connectivity index (χ0n) is 13.8. The lowest BCUT2D eigenvalue weighted by Crippen LogP contribution is -2.57. The van der Waals surface area contributed by atoms with E-state index in [4.69, 9.17) is 0 Å².